The van der Waals surface area contributed by atoms with Gasteiger partial charge in [-0.05, 0) is 43.7 Å². The zero-order valence-electron chi connectivity index (χ0n) is 15.6. The summed E-state index contributed by atoms with van der Waals surface area (Å²) in [4.78, 5) is 12.6. The number of aryl methyl sites for hydroxylation is 2. The predicted molar refractivity (Wildman–Crippen MR) is 101 cm³/mol. The van der Waals surface area contributed by atoms with E-state index in [0.717, 1.165) is 22.6 Å². The molecule has 6 heteroatoms. The van der Waals surface area contributed by atoms with Gasteiger partial charge in [0.2, 0.25) is 0 Å². The van der Waals surface area contributed by atoms with Gasteiger partial charge in [0.1, 0.15) is 23.9 Å². The molecule has 0 aliphatic heterocycles. The first-order valence-electron chi connectivity index (χ1n) is 8.63. The molecule has 0 saturated heterocycles. The van der Waals surface area contributed by atoms with Gasteiger partial charge in [0.25, 0.3) is 5.91 Å². The SMILES string of the molecule is COc1ccc(CNC(=O)c2ccccc2OCc2c(C)noc2C)cc1. The van der Waals surface area contributed by atoms with E-state index in [1.54, 1.807) is 19.2 Å². The second-order valence-electron chi connectivity index (χ2n) is 6.12. The van der Waals surface area contributed by atoms with Crippen molar-refractivity contribution in [1.29, 1.82) is 0 Å². The maximum absolute atomic E-state index is 12.6. The average Bonchev–Trinajstić information content (AvgIpc) is 3.02. The van der Waals surface area contributed by atoms with Crippen LogP contribution >= 0.6 is 0 Å². The molecule has 140 valence electrons. The van der Waals surface area contributed by atoms with Crippen molar-refractivity contribution >= 4 is 5.91 Å². The van der Waals surface area contributed by atoms with Crippen molar-refractivity contribution in [2.45, 2.75) is 27.0 Å². The van der Waals surface area contributed by atoms with Crippen LogP contribution in [0.5, 0.6) is 11.5 Å². The van der Waals surface area contributed by atoms with Gasteiger partial charge in [-0.3, -0.25) is 4.79 Å². The summed E-state index contributed by atoms with van der Waals surface area (Å²) in [5.41, 5.74) is 3.15. The van der Waals surface area contributed by atoms with Crippen molar-refractivity contribution in [3.8, 4) is 11.5 Å². The van der Waals surface area contributed by atoms with Gasteiger partial charge in [-0.15, -0.1) is 0 Å². The van der Waals surface area contributed by atoms with Gasteiger partial charge in [0.15, 0.2) is 0 Å². The molecular formula is C21H22N2O4. The molecule has 3 aromatic rings. The first-order valence-corrected chi connectivity index (χ1v) is 8.63. The highest BCUT2D eigenvalue weighted by Crippen LogP contribution is 2.21. The summed E-state index contributed by atoms with van der Waals surface area (Å²) in [5, 5.41) is 6.84. The summed E-state index contributed by atoms with van der Waals surface area (Å²) < 4.78 is 16.2. The Kier molecular flexibility index (Phi) is 5.76. The van der Waals surface area contributed by atoms with E-state index >= 15 is 0 Å². The number of rotatable bonds is 7. The molecule has 1 heterocycles. The second-order valence-corrected chi connectivity index (χ2v) is 6.12. The van der Waals surface area contributed by atoms with E-state index in [4.69, 9.17) is 14.0 Å². The minimum absolute atomic E-state index is 0.194. The molecule has 27 heavy (non-hydrogen) atoms. The number of para-hydroxylation sites is 1. The molecule has 0 fully saturated rings. The Morgan fingerprint density at radius 3 is 2.52 bits per heavy atom. The lowest BCUT2D eigenvalue weighted by molar-refractivity contribution is 0.0946. The van der Waals surface area contributed by atoms with Crippen LogP contribution in [0.1, 0.15) is 32.9 Å². The summed E-state index contributed by atoms with van der Waals surface area (Å²) in [7, 11) is 1.62. The van der Waals surface area contributed by atoms with E-state index in [-0.39, 0.29) is 5.91 Å². The minimum atomic E-state index is -0.194. The number of amides is 1. The van der Waals surface area contributed by atoms with Crippen molar-refractivity contribution in [2.24, 2.45) is 0 Å². The number of carbonyl (C=O) groups excluding carboxylic acids is 1. The Morgan fingerprint density at radius 1 is 1.11 bits per heavy atom. The highest BCUT2D eigenvalue weighted by Gasteiger charge is 2.14. The van der Waals surface area contributed by atoms with Gasteiger partial charge in [0, 0.05) is 6.54 Å². The third kappa shape index (κ3) is 4.47. The molecule has 0 radical (unpaired) electrons. The highest BCUT2D eigenvalue weighted by molar-refractivity contribution is 5.96. The lowest BCUT2D eigenvalue weighted by atomic mass is 10.1. The number of nitrogens with zero attached hydrogens (tertiary/aromatic N) is 1. The quantitative estimate of drug-likeness (QED) is 0.688. The number of nitrogens with one attached hydrogen (secondary N) is 1. The van der Waals surface area contributed by atoms with E-state index in [0.29, 0.717) is 30.2 Å². The molecular weight excluding hydrogens is 344 g/mol. The van der Waals surface area contributed by atoms with E-state index in [9.17, 15) is 4.79 Å². The summed E-state index contributed by atoms with van der Waals surface area (Å²) in [6, 6.07) is 14.7. The molecule has 0 atom stereocenters. The first kappa shape index (κ1) is 18.5. The van der Waals surface area contributed by atoms with E-state index < -0.39 is 0 Å². The van der Waals surface area contributed by atoms with Crippen LogP contribution in [0, 0.1) is 13.8 Å². The van der Waals surface area contributed by atoms with Crippen LogP contribution in [0.4, 0.5) is 0 Å². The van der Waals surface area contributed by atoms with Gasteiger partial charge in [0.05, 0.1) is 23.9 Å². The molecule has 1 amide bonds. The number of carbonyl (C=O) groups is 1. The van der Waals surface area contributed by atoms with Crippen LogP contribution in [-0.4, -0.2) is 18.2 Å². The average molecular weight is 366 g/mol. The molecule has 0 spiro atoms. The number of methoxy groups -OCH3 is 1. The van der Waals surface area contributed by atoms with Crippen LogP contribution in [0.25, 0.3) is 0 Å². The molecule has 2 aromatic carbocycles. The lowest BCUT2D eigenvalue weighted by Crippen LogP contribution is -2.23. The van der Waals surface area contributed by atoms with Crippen LogP contribution in [0.15, 0.2) is 53.1 Å². The summed E-state index contributed by atoms with van der Waals surface area (Å²) in [5.74, 6) is 1.82. The minimum Gasteiger partial charge on any atom is -0.497 e. The fourth-order valence-corrected chi connectivity index (χ4v) is 2.66. The topological polar surface area (TPSA) is 73.6 Å². The third-order valence-corrected chi connectivity index (χ3v) is 4.30. The van der Waals surface area contributed by atoms with Gasteiger partial charge in [-0.25, -0.2) is 0 Å². The largest absolute Gasteiger partial charge is 0.497 e. The zero-order chi connectivity index (χ0) is 19.2. The highest BCUT2D eigenvalue weighted by atomic mass is 16.5. The van der Waals surface area contributed by atoms with Gasteiger partial charge in [-0.2, -0.15) is 0 Å². The van der Waals surface area contributed by atoms with Gasteiger partial charge in [-0.1, -0.05) is 29.4 Å². The van der Waals surface area contributed by atoms with Crippen molar-refractivity contribution < 1.29 is 18.8 Å². The van der Waals surface area contributed by atoms with Crippen molar-refractivity contribution in [2.75, 3.05) is 7.11 Å². The van der Waals surface area contributed by atoms with Crippen LogP contribution in [-0.2, 0) is 13.2 Å². The van der Waals surface area contributed by atoms with Crippen LogP contribution in [0.2, 0.25) is 0 Å². The van der Waals surface area contributed by atoms with Gasteiger partial charge < -0.3 is 19.3 Å². The molecule has 0 unspecified atom stereocenters. The number of ether oxygens (including phenoxy) is 2. The second kappa shape index (κ2) is 8.40. The molecule has 1 aromatic heterocycles. The smallest absolute Gasteiger partial charge is 0.255 e. The first-order chi connectivity index (χ1) is 13.1. The molecule has 0 bridgehead atoms. The Labute approximate surface area is 158 Å². The zero-order valence-corrected chi connectivity index (χ0v) is 15.6. The Morgan fingerprint density at radius 2 is 1.85 bits per heavy atom. The van der Waals surface area contributed by atoms with Crippen LogP contribution < -0.4 is 14.8 Å². The van der Waals surface area contributed by atoms with Crippen molar-refractivity contribution in [3.05, 3.63) is 76.7 Å². The number of hydrogen-bond acceptors (Lipinski definition) is 5. The van der Waals surface area contributed by atoms with E-state index in [2.05, 4.69) is 10.5 Å². The number of benzene rings is 2. The van der Waals surface area contributed by atoms with E-state index in [1.165, 1.54) is 0 Å². The summed E-state index contributed by atoms with van der Waals surface area (Å²) in [6.45, 7) is 4.42. The maximum Gasteiger partial charge on any atom is 0.255 e. The Bertz CT molecular complexity index is 897. The normalized spacial score (nSPS) is 10.5. The summed E-state index contributed by atoms with van der Waals surface area (Å²) in [6.07, 6.45) is 0. The molecule has 0 aliphatic carbocycles. The fourth-order valence-electron chi connectivity index (χ4n) is 2.66. The van der Waals surface area contributed by atoms with E-state index in [1.807, 2.05) is 50.2 Å². The molecule has 0 saturated carbocycles. The maximum atomic E-state index is 12.6. The standard InChI is InChI=1S/C21H22N2O4/c1-14-19(15(2)27-23-14)13-26-20-7-5-4-6-18(20)21(24)22-12-16-8-10-17(25-3)11-9-16/h4-11H,12-13H2,1-3H3,(H,22,24). The molecule has 0 aliphatic rings. The number of aromatic nitrogens is 1. The molecule has 1 N–H and O–H groups in total. The number of hydrogen-bond donors (Lipinski definition) is 1. The van der Waals surface area contributed by atoms with Crippen molar-refractivity contribution in [3.63, 3.8) is 0 Å². The van der Waals surface area contributed by atoms with Crippen LogP contribution in [0.3, 0.4) is 0 Å². The monoisotopic (exact) mass is 366 g/mol. The molecule has 6 nitrogen and oxygen atoms in total. The summed E-state index contributed by atoms with van der Waals surface area (Å²) >= 11 is 0. The predicted octanol–water partition coefficient (Wildman–Crippen LogP) is 3.81. The lowest BCUT2D eigenvalue weighted by Gasteiger charge is -2.12. The third-order valence-electron chi connectivity index (χ3n) is 4.30. The fraction of sp³-hybridized carbons (Fsp3) is 0.238. The Hall–Kier alpha value is -3.28. The Balaban J connectivity index is 1.66. The molecule has 3 rings (SSSR count). The van der Waals surface area contributed by atoms with Crippen molar-refractivity contribution in [1.82, 2.24) is 10.5 Å². The van der Waals surface area contributed by atoms with Gasteiger partial charge >= 0.3 is 0 Å².